The molecule has 0 amide bonds. The first-order chi connectivity index (χ1) is 5.52. The van der Waals surface area contributed by atoms with Gasteiger partial charge in [0.15, 0.2) is 0 Å². The third-order valence-corrected chi connectivity index (χ3v) is 2.17. The minimum absolute atomic E-state index is 0.158. The van der Waals surface area contributed by atoms with Crippen LogP contribution < -0.4 is 0 Å². The summed E-state index contributed by atoms with van der Waals surface area (Å²) in [6.07, 6.45) is 2.06. The predicted octanol–water partition coefficient (Wildman–Crippen LogP) is 3.57. The summed E-state index contributed by atoms with van der Waals surface area (Å²) in [5.41, 5.74) is 0. The number of thioether (sulfide) groups is 1. The minimum atomic E-state index is 0.158. The van der Waals surface area contributed by atoms with Gasteiger partial charge in [0.2, 0.25) is 4.38 Å². The lowest BCUT2D eigenvalue weighted by Crippen LogP contribution is -2.06. The summed E-state index contributed by atoms with van der Waals surface area (Å²) in [4.78, 5) is 0. The Balaban J connectivity index is 3.51. The summed E-state index contributed by atoms with van der Waals surface area (Å²) in [7, 11) is 0. The Morgan fingerprint density at radius 1 is 1.67 bits per heavy atom. The number of hydrogen-bond donors (Lipinski definition) is 0. The van der Waals surface area contributed by atoms with Crippen molar-refractivity contribution in [2.24, 2.45) is 0 Å². The number of ether oxygens (including phenoxy) is 1. The lowest BCUT2D eigenvalue weighted by Gasteiger charge is -2.08. The number of halogens is 1. The molecular weight excluding hydrogens is 212 g/mol. The fraction of sp³-hybridized carbons (Fsp3) is 0.625. The van der Waals surface area contributed by atoms with E-state index in [9.17, 15) is 0 Å². The molecule has 0 aliphatic heterocycles. The summed E-state index contributed by atoms with van der Waals surface area (Å²) in [6.45, 7) is 5.75. The molecule has 4 heteroatoms. The topological polar surface area (TPSA) is 9.23 Å². The molecule has 70 valence electrons. The molecule has 0 aromatic carbocycles. The smallest absolute Gasteiger partial charge is 0.220 e. The SMILES string of the molecule is C/C(Cl)=C/CSC(=S)OC(C)C. The summed E-state index contributed by atoms with van der Waals surface area (Å²) in [6, 6.07) is 0. The summed E-state index contributed by atoms with van der Waals surface area (Å²) in [5, 5.41) is 0.787. The van der Waals surface area contributed by atoms with E-state index in [1.807, 2.05) is 26.8 Å². The molecule has 0 fully saturated rings. The minimum Gasteiger partial charge on any atom is -0.476 e. The first kappa shape index (κ1) is 12.3. The molecule has 0 N–H and O–H groups in total. The van der Waals surface area contributed by atoms with E-state index in [-0.39, 0.29) is 6.10 Å². The summed E-state index contributed by atoms with van der Waals surface area (Å²) in [5.74, 6) is 0.779. The van der Waals surface area contributed by atoms with E-state index >= 15 is 0 Å². The first-order valence-electron chi connectivity index (χ1n) is 3.68. The molecule has 0 bridgehead atoms. The van der Waals surface area contributed by atoms with E-state index in [0.29, 0.717) is 4.38 Å². The molecule has 0 aliphatic carbocycles. The quantitative estimate of drug-likeness (QED) is 0.679. The number of allylic oxidation sites excluding steroid dienone is 1. The van der Waals surface area contributed by atoms with Crippen LogP contribution in [0.25, 0.3) is 0 Å². The van der Waals surface area contributed by atoms with E-state index in [1.165, 1.54) is 11.8 Å². The van der Waals surface area contributed by atoms with E-state index < -0.39 is 0 Å². The van der Waals surface area contributed by atoms with Crippen molar-refractivity contribution in [2.75, 3.05) is 5.75 Å². The fourth-order valence-electron chi connectivity index (χ4n) is 0.451. The summed E-state index contributed by atoms with van der Waals surface area (Å²) < 4.78 is 5.84. The molecule has 0 unspecified atom stereocenters. The third kappa shape index (κ3) is 8.37. The zero-order valence-electron chi connectivity index (χ0n) is 7.46. The van der Waals surface area contributed by atoms with Crippen molar-refractivity contribution in [3.8, 4) is 0 Å². The van der Waals surface area contributed by atoms with Crippen LogP contribution in [0.5, 0.6) is 0 Å². The Bertz CT molecular complexity index is 174. The van der Waals surface area contributed by atoms with Crippen LogP contribution in [0, 0.1) is 0 Å². The summed E-state index contributed by atoms with van der Waals surface area (Å²) >= 11 is 12.1. The lowest BCUT2D eigenvalue weighted by atomic mass is 10.5. The second-order valence-corrected chi connectivity index (χ2v) is 4.74. The molecule has 0 radical (unpaired) electrons. The molecule has 0 heterocycles. The highest BCUT2D eigenvalue weighted by molar-refractivity contribution is 8.22. The molecule has 0 aliphatic rings. The molecule has 0 saturated heterocycles. The molecular formula is C8H13ClOS2. The van der Waals surface area contributed by atoms with E-state index in [2.05, 4.69) is 0 Å². The maximum Gasteiger partial charge on any atom is 0.220 e. The molecule has 0 aromatic rings. The van der Waals surface area contributed by atoms with Gasteiger partial charge in [-0.25, -0.2) is 0 Å². The van der Waals surface area contributed by atoms with Crippen LogP contribution in [0.4, 0.5) is 0 Å². The van der Waals surface area contributed by atoms with Crippen LogP contribution in [0.3, 0.4) is 0 Å². The predicted molar refractivity (Wildman–Crippen MR) is 60.9 cm³/mol. The number of thiocarbonyl (C=S) groups is 1. The van der Waals surface area contributed by atoms with Gasteiger partial charge in [-0.05, 0) is 33.0 Å². The van der Waals surface area contributed by atoms with E-state index in [1.54, 1.807) is 0 Å². The van der Waals surface area contributed by atoms with Gasteiger partial charge in [0, 0.05) is 10.8 Å². The molecule has 0 saturated carbocycles. The maximum absolute atomic E-state index is 5.63. The van der Waals surface area contributed by atoms with Gasteiger partial charge in [-0.1, -0.05) is 29.4 Å². The third-order valence-electron chi connectivity index (χ3n) is 0.898. The van der Waals surface area contributed by atoms with Crippen molar-refractivity contribution < 1.29 is 4.74 Å². The molecule has 0 rings (SSSR count). The van der Waals surface area contributed by atoms with Crippen LogP contribution in [0.1, 0.15) is 20.8 Å². The fourth-order valence-corrected chi connectivity index (χ4v) is 1.75. The average molecular weight is 225 g/mol. The number of hydrogen-bond acceptors (Lipinski definition) is 3. The Labute approximate surface area is 88.5 Å². The van der Waals surface area contributed by atoms with Crippen molar-refractivity contribution in [3.63, 3.8) is 0 Å². The van der Waals surface area contributed by atoms with Crippen LogP contribution in [-0.4, -0.2) is 16.2 Å². The molecule has 12 heavy (non-hydrogen) atoms. The van der Waals surface area contributed by atoms with Crippen molar-refractivity contribution in [2.45, 2.75) is 26.9 Å². The standard InChI is InChI=1S/C8H13ClOS2/c1-6(2)10-8(11)12-5-4-7(3)9/h4,6H,5H2,1-3H3/b7-4-. The highest BCUT2D eigenvalue weighted by Gasteiger charge is 1.99. The second-order valence-electron chi connectivity index (χ2n) is 2.52. The molecule has 0 atom stereocenters. The van der Waals surface area contributed by atoms with Crippen LogP contribution in [0.2, 0.25) is 0 Å². The number of rotatable bonds is 3. The Kier molecular flexibility index (Phi) is 6.90. The normalized spacial score (nSPS) is 11.9. The van der Waals surface area contributed by atoms with Crippen LogP contribution >= 0.6 is 35.6 Å². The molecule has 0 aromatic heterocycles. The maximum atomic E-state index is 5.63. The first-order valence-corrected chi connectivity index (χ1v) is 5.45. The van der Waals surface area contributed by atoms with Crippen molar-refractivity contribution in [1.29, 1.82) is 0 Å². The Morgan fingerprint density at radius 2 is 2.25 bits per heavy atom. The van der Waals surface area contributed by atoms with Gasteiger partial charge in [-0.2, -0.15) is 0 Å². The zero-order valence-corrected chi connectivity index (χ0v) is 9.85. The van der Waals surface area contributed by atoms with Crippen molar-refractivity contribution in [3.05, 3.63) is 11.1 Å². The molecule has 0 spiro atoms. The second kappa shape index (κ2) is 6.75. The van der Waals surface area contributed by atoms with Crippen molar-refractivity contribution in [1.82, 2.24) is 0 Å². The van der Waals surface area contributed by atoms with Gasteiger partial charge >= 0.3 is 0 Å². The van der Waals surface area contributed by atoms with Gasteiger partial charge < -0.3 is 4.74 Å². The van der Waals surface area contributed by atoms with Crippen molar-refractivity contribution >= 4 is 40.0 Å². The highest BCUT2D eigenvalue weighted by Crippen LogP contribution is 2.10. The highest BCUT2D eigenvalue weighted by atomic mass is 35.5. The Hall–Kier alpha value is 0.270. The van der Waals surface area contributed by atoms with Gasteiger partial charge in [0.05, 0.1) is 6.10 Å². The van der Waals surface area contributed by atoms with Gasteiger partial charge in [0.1, 0.15) is 0 Å². The monoisotopic (exact) mass is 224 g/mol. The lowest BCUT2D eigenvalue weighted by molar-refractivity contribution is 0.243. The van der Waals surface area contributed by atoms with Gasteiger partial charge in [0.25, 0.3) is 0 Å². The van der Waals surface area contributed by atoms with E-state index in [0.717, 1.165) is 10.8 Å². The van der Waals surface area contributed by atoms with Crippen LogP contribution in [-0.2, 0) is 4.74 Å². The zero-order chi connectivity index (χ0) is 9.56. The largest absolute Gasteiger partial charge is 0.476 e. The van der Waals surface area contributed by atoms with Gasteiger partial charge in [-0.15, -0.1) is 0 Å². The van der Waals surface area contributed by atoms with E-state index in [4.69, 9.17) is 28.6 Å². The average Bonchev–Trinajstić information content (AvgIpc) is 1.84. The molecule has 1 nitrogen and oxygen atoms in total. The Morgan fingerprint density at radius 3 is 2.67 bits per heavy atom. The van der Waals surface area contributed by atoms with Gasteiger partial charge in [-0.3, -0.25) is 0 Å². The van der Waals surface area contributed by atoms with Crippen LogP contribution in [0.15, 0.2) is 11.1 Å².